The van der Waals surface area contributed by atoms with E-state index in [1.165, 1.54) is 0 Å². The van der Waals surface area contributed by atoms with Crippen molar-refractivity contribution in [3.05, 3.63) is 41.6 Å². The Balaban J connectivity index is 2.38. The van der Waals surface area contributed by atoms with E-state index in [0.29, 0.717) is 12.2 Å². The summed E-state index contributed by atoms with van der Waals surface area (Å²) in [6.45, 7) is 0.466. The average Bonchev–Trinajstić information content (AvgIpc) is 2.91. The summed E-state index contributed by atoms with van der Waals surface area (Å²) in [7, 11) is -2.32. The van der Waals surface area contributed by atoms with E-state index in [1.54, 1.807) is 31.3 Å². The number of rotatable bonds is 6. The SMILES string of the molecule is CNCc1ccccc1NS(=O)(=O)c1[nH]ncc1C(=O)O. The van der Waals surface area contributed by atoms with Crippen molar-refractivity contribution in [2.24, 2.45) is 0 Å². The number of hydrogen-bond donors (Lipinski definition) is 4. The molecule has 0 aliphatic carbocycles. The van der Waals surface area contributed by atoms with Crippen LogP contribution in [0.5, 0.6) is 0 Å². The molecule has 0 unspecified atom stereocenters. The van der Waals surface area contributed by atoms with E-state index in [4.69, 9.17) is 5.11 Å². The summed E-state index contributed by atoms with van der Waals surface area (Å²) in [5.41, 5.74) is 0.700. The highest BCUT2D eigenvalue weighted by atomic mass is 32.2. The molecule has 0 saturated heterocycles. The summed E-state index contributed by atoms with van der Waals surface area (Å²) < 4.78 is 26.9. The lowest BCUT2D eigenvalue weighted by atomic mass is 10.2. The molecule has 0 bridgehead atoms. The van der Waals surface area contributed by atoms with Crippen LogP contribution in [0.25, 0.3) is 0 Å². The maximum Gasteiger partial charge on any atom is 0.340 e. The Hall–Kier alpha value is -2.39. The Bertz CT molecular complexity index is 754. The number of aromatic amines is 1. The number of carboxylic acid groups (broad SMARTS) is 1. The lowest BCUT2D eigenvalue weighted by molar-refractivity contribution is 0.0692. The summed E-state index contributed by atoms with van der Waals surface area (Å²) in [6.07, 6.45) is 0.955. The number of sulfonamides is 1. The van der Waals surface area contributed by atoms with Gasteiger partial charge in [-0.3, -0.25) is 9.82 Å². The van der Waals surface area contributed by atoms with Crippen LogP contribution in [0.3, 0.4) is 0 Å². The highest BCUT2D eigenvalue weighted by molar-refractivity contribution is 7.92. The molecule has 0 aliphatic heterocycles. The van der Waals surface area contributed by atoms with Crippen LogP contribution in [0.4, 0.5) is 5.69 Å². The predicted octanol–water partition coefficient (Wildman–Crippen LogP) is 0.628. The van der Waals surface area contributed by atoms with Gasteiger partial charge in [-0.25, -0.2) is 4.79 Å². The van der Waals surface area contributed by atoms with E-state index in [9.17, 15) is 13.2 Å². The highest BCUT2D eigenvalue weighted by Crippen LogP contribution is 2.20. The van der Waals surface area contributed by atoms with Gasteiger partial charge in [-0.2, -0.15) is 13.5 Å². The largest absolute Gasteiger partial charge is 0.478 e. The molecular weight excluding hydrogens is 296 g/mol. The Labute approximate surface area is 121 Å². The first kappa shape index (κ1) is 15.0. The lowest BCUT2D eigenvalue weighted by Gasteiger charge is -2.11. The second kappa shape index (κ2) is 5.94. The molecule has 21 heavy (non-hydrogen) atoms. The number of benzene rings is 1. The maximum atomic E-state index is 12.3. The lowest BCUT2D eigenvalue weighted by Crippen LogP contribution is -2.18. The van der Waals surface area contributed by atoms with Crippen molar-refractivity contribution in [3.63, 3.8) is 0 Å². The van der Waals surface area contributed by atoms with Crippen molar-refractivity contribution in [3.8, 4) is 0 Å². The van der Waals surface area contributed by atoms with E-state index >= 15 is 0 Å². The van der Waals surface area contributed by atoms with Gasteiger partial charge >= 0.3 is 5.97 Å². The van der Waals surface area contributed by atoms with Gasteiger partial charge in [0, 0.05) is 6.54 Å². The Morgan fingerprint density at radius 2 is 2.10 bits per heavy atom. The number of anilines is 1. The highest BCUT2D eigenvalue weighted by Gasteiger charge is 2.25. The number of hydrogen-bond acceptors (Lipinski definition) is 5. The molecule has 1 aromatic carbocycles. The topological polar surface area (TPSA) is 124 Å². The fraction of sp³-hybridized carbons (Fsp3) is 0.167. The molecule has 2 aromatic rings. The minimum atomic E-state index is -4.06. The molecule has 1 heterocycles. The third kappa shape index (κ3) is 3.20. The third-order valence-corrected chi connectivity index (χ3v) is 4.07. The fourth-order valence-corrected chi connectivity index (χ4v) is 2.98. The van der Waals surface area contributed by atoms with E-state index in [-0.39, 0.29) is 0 Å². The number of aromatic carboxylic acids is 1. The summed E-state index contributed by atoms with van der Waals surface area (Å²) >= 11 is 0. The molecule has 1 aromatic heterocycles. The Morgan fingerprint density at radius 1 is 1.38 bits per heavy atom. The normalized spacial score (nSPS) is 11.3. The minimum Gasteiger partial charge on any atom is -0.478 e. The number of carbonyl (C=O) groups is 1. The first-order chi connectivity index (χ1) is 9.95. The number of nitrogens with one attached hydrogen (secondary N) is 3. The second-order valence-electron chi connectivity index (χ2n) is 4.21. The second-order valence-corrected chi connectivity index (χ2v) is 5.83. The van der Waals surface area contributed by atoms with Gasteiger partial charge in [0.15, 0.2) is 5.03 Å². The molecule has 0 spiro atoms. The molecule has 0 aliphatic rings. The molecule has 4 N–H and O–H groups in total. The van der Waals surface area contributed by atoms with Crippen LogP contribution in [0.1, 0.15) is 15.9 Å². The number of para-hydroxylation sites is 1. The van der Waals surface area contributed by atoms with Crippen LogP contribution in [-0.2, 0) is 16.6 Å². The summed E-state index contributed by atoms with van der Waals surface area (Å²) in [4.78, 5) is 11.0. The molecule has 112 valence electrons. The standard InChI is InChI=1S/C12H14N4O4S/c1-13-6-8-4-2-3-5-10(8)16-21(19,20)11-9(12(17)18)7-14-15-11/h2-5,7,13,16H,6H2,1H3,(H,14,15)(H,17,18). The number of H-pyrrole nitrogens is 1. The molecule has 2 rings (SSSR count). The Kier molecular flexibility index (Phi) is 4.24. The maximum absolute atomic E-state index is 12.3. The molecule has 0 atom stereocenters. The molecule has 0 amide bonds. The van der Waals surface area contributed by atoms with Crippen molar-refractivity contribution < 1.29 is 18.3 Å². The average molecular weight is 310 g/mol. The van der Waals surface area contributed by atoms with Gasteiger partial charge in [0.05, 0.1) is 11.9 Å². The van der Waals surface area contributed by atoms with Gasteiger partial charge < -0.3 is 10.4 Å². The Morgan fingerprint density at radius 3 is 2.76 bits per heavy atom. The van der Waals surface area contributed by atoms with Crippen LogP contribution in [0.2, 0.25) is 0 Å². The van der Waals surface area contributed by atoms with Crippen LogP contribution in [-0.4, -0.2) is 36.7 Å². The monoisotopic (exact) mass is 310 g/mol. The molecular formula is C12H14N4O4S. The van der Waals surface area contributed by atoms with E-state index < -0.39 is 26.6 Å². The van der Waals surface area contributed by atoms with Gasteiger partial charge in [0.1, 0.15) is 5.56 Å². The first-order valence-corrected chi connectivity index (χ1v) is 7.46. The quantitative estimate of drug-likeness (QED) is 0.620. The van der Waals surface area contributed by atoms with Crippen LogP contribution >= 0.6 is 0 Å². The van der Waals surface area contributed by atoms with E-state index in [1.807, 2.05) is 0 Å². The van der Waals surface area contributed by atoms with Crippen molar-refractivity contribution >= 4 is 21.7 Å². The van der Waals surface area contributed by atoms with E-state index in [0.717, 1.165) is 11.8 Å². The number of carboxylic acids is 1. The van der Waals surface area contributed by atoms with E-state index in [2.05, 4.69) is 20.2 Å². The molecule has 0 saturated carbocycles. The predicted molar refractivity (Wildman–Crippen MR) is 75.6 cm³/mol. The smallest absolute Gasteiger partial charge is 0.340 e. The van der Waals surface area contributed by atoms with Gasteiger partial charge in [-0.15, -0.1) is 0 Å². The van der Waals surface area contributed by atoms with Gasteiger partial charge in [0.2, 0.25) is 0 Å². The zero-order valence-electron chi connectivity index (χ0n) is 11.1. The summed E-state index contributed by atoms with van der Waals surface area (Å²) in [5.74, 6) is -1.37. The third-order valence-electron chi connectivity index (χ3n) is 2.73. The number of aromatic nitrogens is 2. The molecule has 0 fully saturated rings. The zero-order chi connectivity index (χ0) is 15.5. The van der Waals surface area contributed by atoms with Gasteiger partial charge in [-0.05, 0) is 18.7 Å². The van der Waals surface area contributed by atoms with Crippen LogP contribution < -0.4 is 10.0 Å². The zero-order valence-corrected chi connectivity index (χ0v) is 11.9. The van der Waals surface area contributed by atoms with Crippen molar-refractivity contribution in [1.29, 1.82) is 0 Å². The summed E-state index contributed by atoms with van der Waals surface area (Å²) in [5, 5.41) is 17.1. The van der Waals surface area contributed by atoms with Gasteiger partial charge in [0.25, 0.3) is 10.0 Å². The van der Waals surface area contributed by atoms with Crippen molar-refractivity contribution in [1.82, 2.24) is 15.5 Å². The molecule has 9 heteroatoms. The summed E-state index contributed by atoms with van der Waals surface area (Å²) in [6, 6.07) is 6.83. The minimum absolute atomic E-state index is 0.373. The van der Waals surface area contributed by atoms with Crippen molar-refractivity contribution in [2.75, 3.05) is 11.8 Å². The molecule has 0 radical (unpaired) electrons. The van der Waals surface area contributed by atoms with Crippen LogP contribution in [0, 0.1) is 0 Å². The van der Waals surface area contributed by atoms with Crippen molar-refractivity contribution in [2.45, 2.75) is 11.6 Å². The first-order valence-electron chi connectivity index (χ1n) is 5.97. The number of nitrogens with zero attached hydrogens (tertiary/aromatic N) is 1. The fourth-order valence-electron chi connectivity index (χ4n) is 1.79. The van der Waals surface area contributed by atoms with Crippen LogP contribution in [0.15, 0.2) is 35.5 Å². The van der Waals surface area contributed by atoms with Gasteiger partial charge in [-0.1, -0.05) is 18.2 Å². The molecule has 8 nitrogen and oxygen atoms in total.